The Balaban J connectivity index is 2.48. The predicted octanol–water partition coefficient (Wildman–Crippen LogP) is 1.70. The monoisotopic (exact) mass is 221 g/mol. The highest BCUT2D eigenvalue weighted by molar-refractivity contribution is 5.90. The van der Waals surface area contributed by atoms with Gasteiger partial charge in [0.1, 0.15) is 5.82 Å². The number of nitrogens with one attached hydrogen (secondary N) is 1. The minimum atomic E-state index is -0.106. The fourth-order valence-corrected chi connectivity index (χ4v) is 1.19. The van der Waals surface area contributed by atoms with E-state index in [1.165, 1.54) is 0 Å². The van der Waals surface area contributed by atoms with E-state index in [4.69, 9.17) is 5.73 Å². The molecule has 0 saturated carbocycles. The van der Waals surface area contributed by atoms with Gasteiger partial charge < -0.3 is 11.1 Å². The van der Waals surface area contributed by atoms with E-state index in [2.05, 4.69) is 10.3 Å². The lowest BCUT2D eigenvalue weighted by atomic mass is 10.0. The van der Waals surface area contributed by atoms with Gasteiger partial charge in [-0.2, -0.15) is 0 Å². The van der Waals surface area contributed by atoms with Gasteiger partial charge in [-0.15, -0.1) is 0 Å². The molecule has 3 N–H and O–H groups in total. The number of hydrogen-bond acceptors (Lipinski definition) is 3. The molecule has 1 amide bonds. The molecule has 1 aromatic heterocycles. The number of hydrogen-bond donors (Lipinski definition) is 2. The van der Waals surface area contributed by atoms with Crippen molar-refractivity contribution in [2.75, 3.05) is 5.32 Å². The highest BCUT2D eigenvalue weighted by atomic mass is 16.1. The lowest BCUT2D eigenvalue weighted by molar-refractivity contribution is -0.116. The summed E-state index contributed by atoms with van der Waals surface area (Å²) in [6.45, 7) is 5.96. The number of nitrogens with zero attached hydrogens (tertiary/aromatic N) is 1. The Hall–Kier alpha value is -1.42. The average Bonchev–Trinajstić information content (AvgIpc) is 2.21. The molecule has 0 spiro atoms. The van der Waals surface area contributed by atoms with Gasteiger partial charge in [0.2, 0.25) is 5.91 Å². The van der Waals surface area contributed by atoms with Crippen LogP contribution in [-0.4, -0.2) is 16.9 Å². The Bertz CT molecular complexity index is 346. The van der Waals surface area contributed by atoms with Crippen molar-refractivity contribution in [3.63, 3.8) is 0 Å². The van der Waals surface area contributed by atoms with Crippen LogP contribution in [0, 0.1) is 12.8 Å². The van der Waals surface area contributed by atoms with Gasteiger partial charge in [0.05, 0.1) is 0 Å². The summed E-state index contributed by atoms with van der Waals surface area (Å²) in [6, 6.07) is 3.59. The number of amides is 1. The molecule has 0 aliphatic heterocycles. The second kappa shape index (κ2) is 5.61. The summed E-state index contributed by atoms with van der Waals surface area (Å²) in [5, 5.41) is 2.72. The third kappa shape index (κ3) is 3.98. The molecule has 0 bridgehead atoms. The predicted molar refractivity (Wildman–Crippen MR) is 65.0 cm³/mol. The molecular weight excluding hydrogens is 202 g/mol. The maximum absolute atomic E-state index is 11.6. The van der Waals surface area contributed by atoms with Crippen molar-refractivity contribution in [3.05, 3.63) is 23.9 Å². The number of aryl methyl sites for hydroxylation is 1. The Kier molecular flexibility index (Phi) is 4.43. The van der Waals surface area contributed by atoms with E-state index in [-0.39, 0.29) is 11.9 Å². The molecule has 0 aromatic carbocycles. The van der Waals surface area contributed by atoms with Crippen LogP contribution in [-0.2, 0) is 4.79 Å². The molecule has 4 heteroatoms. The molecule has 0 saturated heterocycles. The van der Waals surface area contributed by atoms with Crippen LogP contribution in [0.15, 0.2) is 18.3 Å². The first-order valence-electron chi connectivity index (χ1n) is 5.47. The molecule has 4 nitrogen and oxygen atoms in total. The second-order valence-electron chi connectivity index (χ2n) is 4.38. The van der Waals surface area contributed by atoms with Crippen molar-refractivity contribution in [3.8, 4) is 0 Å². The maximum atomic E-state index is 11.6. The molecule has 1 atom stereocenters. The van der Waals surface area contributed by atoms with Crippen LogP contribution >= 0.6 is 0 Å². The van der Waals surface area contributed by atoms with Gasteiger partial charge in [-0.1, -0.05) is 19.9 Å². The summed E-state index contributed by atoms with van der Waals surface area (Å²) in [5.74, 6) is 0.792. The Morgan fingerprint density at radius 1 is 1.50 bits per heavy atom. The van der Waals surface area contributed by atoms with Gasteiger partial charge in [-0.25, -0.2) is 4.98 Å². The third-order valence-electron chi connectivity index (χ3n) is 2.46. The molecule has 88 valence electrons. The first-order valence-corrected chi connectivity index (χ1v) is 5.47. The highest BCUT2D eigenvalue weighted by Crippen LogP contribution is 2.07. The summed E-state index contributed by atoms with van der Waals surface area (Å²) in [6.07, 6.45) is 2.05. The van der Waals surface area contributed by atoms with Crippen LogP contribution in [0.2, 0.25) is 0 Å². The van der Waals surface area contributed by atoms with E-state index in [0.717, 1.165) is 5.56 Å². The Morgan fingerprint density at radius 3 is 2.69 bits per heavy atom. The summed E-state index contributed by atoms with van der Waals surface area (Å²) in [5.41, 5.74) is 6.88. The van der Waals surface area contributed by atoms with Crippen LogP contribution in [0.4, 0.5) is 5.82 Å². The fourth-order valence-electron chi connectivity index (χ4n) is 1.19. The number of aromatic nitrogens is 1. The third-order valence-corrected chi connectivity index (χ3v) is 2.46. The van der Waals surface area contributed by atoms with Crippen LogP contribution in [0.5, 0.6) is 0 Å². The van der Waals surface area contributed by atoms with Gasteiger partial charge in [0, 0.05) is 18.7 Å². The molecular formula is C12H19N3O. The first-order chi connectivity index (χ1) is 7.49. The van der Waals surface area contributed by atoms with E-state index in [9.17, 15) is 4.79 Å². The van der Waals surface area contributed by atoms with Crippen molar-refractivity contribution in [2.45, 2.75) is 33.2 Å². The lowest BCUT2D eigenvalue weighted by Crippen LogP contribution is -2.31. The molecule has 1 rings (SSSR count). The smallest absolute Gasteiger partial charge is 0.227 e. The van der Waals surface area contributed by atoms with Gasteiger partial charge in [-0.05, 0) is 24.5 Å². The zero-order valence-corrected chi connectivity index (χ0v) is 10.0. The normalized spacial score (nSPS) is 12.6. The quantitative estimate of drug-likeness (QED) is 0.813. The Labute approximate surface area is 96.3 Å². The number of rotatable bonds is 4. The van der Waals surface area contributed by atoms with Crippen molar-refractivity contribution < 1.29 is 4.79 Å². The van der Waals surface area contributed by atoms with Crippen LogP contribution in [0.25, 0.3) is 0 Å². The van der Waals surface area contributed by atoms with E-state index < -0.39 is 0 Å². The average molecular weight is 221 g/mol. The minimum Gasteiger partial charge on any atom is -0.327 e. The number of carbonyl (C=O) groups is 1. The Morgan fingerprint density at radius 2 is 2.19 bits per heavy atom. The standard InChI is InChI=1S/C12H19N3O/c1-8(2)10(13)6-12(16)15-11-5-4-9(3)7-14-11/h4-5,7-8,10H,6,13H2,1-3H3,(H,14,15,16). The van der Waals surface area contributed by atoms with Gasteiger partial charge in [0.25, 0.3) is 0 Å². The van der Waals surface area contributed by atoms with Crippen molar-refractivity contribution in [1.29, 1.82) is 0 Å². The number of nitrogens with two attached hydrogens (primary N) is 1. The molecule has 1 heterocycles. The number of anilines is 1. The molecule has 1 unspecified atom stereocenters. The van der Waals surface area contributed by atoms with Gasteiger partial charge in [0.15, 0.2) is 0 Å². The molecule has 0 aliphatic rings. The number of pyridine rings is 1. The van der Waals surface area contributed by atoms with Crippen molar-refractivity contribution in [2.24, 2.45) is 11.7 Å². The van der Waals surface area contributed by atoms with E-state index in [1.807, 2.05) is 26.8 Å². The first kappa shape index (κ1) is 12.6. The topological polar surface area (TPSA) is 68.0 Å². The molecule has 0 radical (unpaired) electrons. The number of carbonyl (C=O) groups excluding carboxylic acids is 1. The molecule has 1 aromatic rings. The van der Waals surface area contributed by atoms with E-state index in [1.54, 1.807) is 12.3 Å². The van der Waals surface area contributed by atoms with E-state index >= 15 is 0 Å². The second-order valence-corrected chi connectivity index (χ2v) is 4.38. The van der Waals surface area contributed by atoms with Crippen molar-refractivity contribution >= 4 is 11.7 Å². The molecule has 16 heavy (non-hydrogen) atoms. The fraction of sp³-hybridized carbons (Fsp3) is 0.500. The van der Waals surface area contributed by atoms with Gasteiger partial charge >= 0.3 is 0 Å². The highest BCUT2D eigenvalue weighted by Gasteiger charge is 2.13. The summed E-state index contributed by atoms with van der Waals surface area (Å²) in [4.78, 5) is 15.7. The van der Waals surface area contributed by atoms with Gasteiger partial charge in [-0.3, -0.25) is 4.79 Å². The summed E-state index contributed by atoms with van der Waals surface area (Å²) >= 11 is 0. The lowest BCUT2D eigenvalue weighted by Gasteiger charge is -2.14. The van der Waals surface area contributed by atoms with E-state index in [0.29, 0.717) is 18.2 Å². The summed E-state index contributed by atoms with van der Waals surface area (Å²) in [7, 11) is 0. The minimum absolute atomic E-state index is 0.0856. The van der Waals surface area contributed by atoms with Crippen LogP contribution in [0.1, 0.15) is 25.8 Å². The summed E-state index contributed by atoms with van der Waals surface area (Å²) < 4.78 is 0. The molecule has 0 fully saturated rings. The van der Waals surface area contributed by atoms with Crippen LogP contribution in [0.3, 0.4) is 0 Å². The maximum Gasteiger partial charge on any atom is 0.227 e. The largest absolute Gasteiger partial charge is 0.327 e. The SMILES string of the molecule is Cc1ccc(NC(=O)CC(N)C(C)C)nc1. The zero-order chi connectivity index (χ0) is 12.1. The van der Waals surface area contributed by atoms with Crippen LogP contribution < -0.4 is 11.1 Å². The molecule has 0 aliphatic carbocycles. The zero-order valence-electron chi connectivity index (χ0n) is 10.0. The van der Waals surface area contributed by atoms with Crippen molar-refractivity contribution in [1.82, 2.24) is 4.98 Å².